The van der Waals surface area contributed by atoms with Crippen LogP contribution in [0.3, 0.4) is 0 Å². The lowest BCUT2D eigenvalue weighted by Gasteiger charge is -2.16. The maximum atomic E-state index is 12.2. The molecule has 0 heterocycles. The number of carbonyl (C=O) groups excluding carboxylic acids is 1. The van der Waals surface area contributed by atoms with Crippen molar-refractivity contribution in [3.05, 3.63) is 48.6 Å². The molecule has 0 radical (unpaired) electrons. The van der Waals surface area contributed by atoms with Crippen LogP contribution in [-0.2, 0) is 14.3 Å². The molecule has 0 aliphatic heterocycles. The highest BCUT2D eigenvalue weighted by molar-refractivity contribution is 5.69. The molecule has 0 fully saturated rings. The Labute approximate surface area is 292 Å². The number of aliphatic hydroxyl groups is 1. The van der Waals surface area contributed by atoms with Crippen molar-refractivity contribution in [3.8, 4) is 0 Å². The van der Waals surface area contributed by atoms with Gasteiger partial charge in [-0.3, -0.25) is 4.79 Å². The van der Waals surface area contributed by atoms with Crippen molar-refractivity contribution in [1.29, 1.82) is 0 Å². The second-order valence-corrected chi connectivity index (χ2v) is 13.3. The van der Waals surface area contributed by atoms with E-state index in [-0.39, 0.29) is 12.6 Å². The van der Waals surface area contributed by atoms with E-state index in [1.165, 1.54) is 128 Å². The highest BCUT2D eigenvalue weighted by Gasteiger charge is 2.13. The summed E-state index contributed by atoms with van der Waals surface area (Å²) >= 11 is 0. The van der Waals surface area contributed by atoms with Gasteiger partial charge in [-0.15, -0.1) is 0 Å². The van der Waals surface area contributed by atoms with Gasteiger partial charge in [-0.25, -0.2) is 0 Å². The van der Waals surface area contributed by atoms with Crippen LogP contribution < -0.4 is 0 Å². The topological polar surface area (TPSA) is 55.8 Å². The molecule has 0 aromatic heterocycles. The summed E-state index contributed by atoms with van der Waals surface area (Å²) in [6.07, 6.45) is 51.6. The van der Waals surface area contributed by atoms with E-state index in [4.69, 9.17) is 9.47 Å². The lowest BCUT2D eigenvalue weighted by Crippen LogP contribution is -2.27. The normalized spacial score (nSPS) is 12.8. The van der Waals surface area contributed by atoms with E-state index in [0.29, 0.717) is 19.6 Å². The Morgan fingerprint density at radius 2 is 0.957 bits per heavy atom. The lowest BCUT2D eigenvalue weighted by atomic mass is 10.0. The van der Waals surface area contributed by atoms with E-state index in [0.717, 1.165) is 44.9 Å². The summed E-state index contributed by atoms with van der Waals surface area (Å²) in [4.78, 5) is 12.2. The fraction of sp³-hybridized carbons (Fsp3) is 0.791. The Balaban J connectivity index is 3.46. The highest BCUT2D eigenvalue weighted by atomic mass is 16.6. The first-order valence-electron chi connectivity index (χ1n) is 20.2. The molecule has 4 heteroatoms. The fourth-order valence-corrected chi connectivity index (χ4v) is 5.67. The number of rotatable bonds is 37. The average Bonchev–Trinajstić information content (AvgIpc) is 3.08. The molecule has 0 aromatic carbocycles. The summed E-state index contributed by atoms with van der Waals surface area (Å²) in [6.45, 7) is 5.24. The summed E-state index contributed by atoms with van der Waals surface area (Å²) in [5.41, 5.74) is 0. The molecule has 0 saturated carbocycles. The van der Waals surface area contributed by atoms with Crippen molar-refractivity contribution in [3.63, 3.8) is 0 Å². The third-order valence-electron chi connectivity index (χ3n) is 8.67. The van der Waals surface area contributed by atoms with Gasteiger partial charge in [-0.1, -0.05) is 184 Å². The lowest BCUT2D eigenvalue weighted by molar-refractivity contribution is -0.154. The molecule has 0 bridgehead atoms. The zero-order chi connectivity index (χ0) is 34.1. The second kappa shape index (κ2) is 40.5. The van der Waals surface area contributed by atoms with E-state index in [1.54, 1.807) is 0 Å². The summed E-state index contributed by atoms with van der Waals surface area (Å²) in [7, 11) is 0. The van der Waals surface area contributed by atoms with E-state index in [9.17, 15) is 9.90 Å². The van der Waals surface area contributed by atoms with Crippen LogP contribution in [0.5, 0.6) is 0 Å². The molecule has 1 N–H and O–H groups in total. The fourth-order valence-electron chi connectivity index (χ4n) is 5.67. The number of allylic oxidation sites excluding steroid dienone is 8. The summed E-state index contributed by atoms with van der Waals surface area (Å²) in [5.74, 6) is -0.208. The van der Waals surface area contributed by atoms with Crippen molar-refractivity contribution in [1.82, 2.24) is 0 Å². The molecule has 47 heavy (non-hydrogen) atoms. The van der Waals surface area contributed by atoms with E-state index in [2.05, 4.69) is 62.5 Å². The van der Waals surface area contributed by atoms with Crippen LogP contribution in [0.1, 0.15) is 194 Å². The number of carbonyl (C=O) groups is 1. The van der Waals surface area contributed by atoms with E-state index < -0.39 is 6.10 Å². The predicted molar refractivity (Wildman–Crippen MR) is 205 cm³/mol. The highest BCUT2D eigenvalue weighted by Crippen LogP contribution is 2.14. The maximum Gasteiger partial charge on any atom is 0.306 e. The molecule has 0 amide bonds. The largest absolute Gasteiger partial charge is 0.457 e. The predicted octanol–water partition coefficient (Wildman–Crippen LogP) is 13.1. The van der Waals surface area contributed by atoms with Crippen molar-refractivity contribution in [2.24, 2.45) is 0 Å². The monoisotopic (exact) mass is 659 g/mol. The smallest absolute Gasteiger partial charge is 0.306 e. The molecule has 1 atom stereocenters. The van der Waals surface area contributed by atoms with Crippen molar-refractivity contribution in [2.75, 3.05) is 19.8 Å². The average molecular weight is 659 g/mol. The Kier molecular flexibility index (Phi) is 39.1. The number of esters is 1. The minimum atomic E-state index is -0.536. The molecule has 0 aromatic rings. The first kappa shape index (κ1) is 45.3. The first-order chi connectivity index (χ1) is 23.2. The zero-order valence-corrected chi connectivity index (χ0v) is 31.3. The van der Waals surface area contributed by atoms with Gasteiger partial charge in [0.1, 0.15) is 6.10 Å². The molecule has 0 saturated heterocycles. The Morgan fingerprint density at radius 3 is 1.45 bits per heavy atom. The molecule has 0 rings (SSSR count). The molecule has 0 spiro atoms. The van der Waals surface area contributed by atoms with Gasteiger partial charge in [-0.2, -0.15) is 0 Å². The SMILES string of the molecule is CC/C=C\C/C=C\C/C=C\C/C=C\CCCCCCCCCCC(=O)OC(CO)COCCCCCCCCCCCCCCCC. The number of aliphatic hydroxyl groups excluding tert-OH is 1. The Bertz CT molecular complexity index is 738. The van der Waals surface area contributed by atoms with Crippen LogP contribution in [0, 0.1) is 0 Å². The summed E-state index contributed by atoms with van der Waals surface area (Å²) in [5, 5.41) is 9.58. The summed E-state index contributed by atoms with van der Waals surface area (Å²) < 4.78 is 11.1. The first-order valence-corrected chi connectivity index (χ1v) is 20.2. The minimum absolute atomic E-state index is 0.174. The van der Waals surface area contributed by atoms with Crippen LogP contribution in [-0.4, -0.2) is 37.0 Å². The van der Waals surface area contributed by atoms with Gasteiger partial charge in [0.25, 0.3) is 0 Å². The molecular formula is C43H78O4. The number of hydrogen-bond donors (Lipinski definition) is 1. The Hall–Kier alpha value is -1.65. The van der Waals surface area contributed by atoms with Crippen molar-refractivity contribution in [2.45, 2.75) is 200 Å². The van der Waals surface area contributed by atoms with Crippen molar-refractivity contribution < 1.29 is 19.4 Å². The van der Waals surface area contributed by atoms with Crippen LogP contribution in [0.25, 0.3) is 0 Å². The van der Waals surface area contributed by atoms with Crippen molar-refractivity contribution >= 4 is 5.97 Å². The quantitative estimate of drug-likeness (QED) is 0.0410. The molecule has 274 valence electrons. The standard InChI is InChI=1S/C43H78O4/c1-3-5-7-9-11-13-15-17-19-20-21-22-23-24-25-26-28-30-32-34-36-38-43(45)47-42(40-44)41-46-39-37-35-33-31-29-27-18-16-14-12-10-8-6-4-2/h5,7,11,13,17,19,21-22,42,44H,3-4,6,8-10,12,14-16,18,20,23-41H2,1-2H3/b7-5-,13-11-,19-17-,22-21-. The van der Waals surface area contributed by atoms with Crippen LogP contribution in [0.15, 0.2) is 48.6 Å². The van der Waals surface area contributed by atoms with Crippen LogP contribution >= 0.6 is 0 Å². The van der Waals surface area contributed by atoms with Gasteiger partial charge in [-0.05, 0) is 51.4 Å². The maximum absolute atomic E-state index is 12.2. The number of unbranched alkanes of at least 4 members (excludes halogenated alkanes) is 21. The molecule has 0 aliphatic rings. The Morgan fingerprint density at radius 1 is 0.532 bits per heavy atom. The minimum Gasteiger partial charge on any atom is -0.457 e. The van der Waals surface area contributed by atoms with Gasteiger partial charge in [0.2, 0.25) is 0 Å². The third kappa shape index (κ3) is 38.7. The summed E-state index contributed by atoms with van der Waals surface area (Å²) in [6, 6.07) is 0. The van der Waals surface area contributed by atoms with Gasteiger partial charge in [0.15, 0.2) is 0 Å². The number of ether oxygens (including phenoxy) is 2. The van der Waals surface area contributed by atoms with Gasteiger partial charge in [0, 0.05) is 13.0 Å². The van der Waals surface area contributed by atoms with Crippen LogP contribution in [0.2, 0.25) is 0 Å². The molecule has 1 unspecified atom stereocenters. The van der Waals surface area contributed by atoms with Gasteiger partial charge < -0.3 is 14.6 Å². The number of hydrogen-bond acceptors (Lipinski definition) is 4. The van der Waals surface area contributed by atoms with Crippen LogP contribution in [0.4, 0.5) is 0 Å². The molecular weight excluding hydrogens is 580 g/mol. The molecule has 4 nitrogen and oxygen atoms in total. The van der Waals surface area contributed by atoms with Gasteiger partial charge >= 0.3 is 5.97 Å². The van der Waals surface area contributed by atoms with E-state index in [1.807, 2.05) is 0 Å². The second-order valence-electron chi connectivity index (χ2n) is 13.3. The molecule has 0 aliphatic carbocycles. The third-order valence-corrected chi connectivity index (χ3v) is 8.67. The zero-order valence-electron chi connectivity index (χ0n) is 31.3. The van der Waals surface area contributed by atoms with E-state index >= 15 is 0 Å². The van der Waals surface area contributed by atoms with Gasteiger partial charge in [0.05, 0.1) is 13.2 Å².